The van der Waals surface area contributed by atoms with Crippen molar-refractivity contribution in [1.82, 2.24) is 13.9 Å². The molecule has 4 rings (SSSR count). The van der Waals surface area contributed by atoms with Crippen molar-refractivity contribution in [2.75, 3.05) is 14.1 Å². The van der Waals surface area contributed by atoms with Gasteiger partial charge in [0.1, 0.15) is 5.01 Å². The SMILES string of the molecule is CN(C)S(=O)(=O)c1ccc(-c2cnc(CC(=O)C3CCC(=O)c4cccn43)s2)cc1. The maximum absolute atomic E-state index is 12.9. The summed E-state index contributed by atoms with van der Waals surface area (Å²) in [5.41, 5.74) is 1.44. The van der Waals surface area contributed by atoms with Crippen LogP contribution >= 0.6 is 11.3 Å². The molecule has 156 valence electrons. The third-order valence-corrected chi connectivity index (χ3v) is 8.09. The van der Waals surface area contributed by atoms with Crippen LogP contribution in [0.1, 0.15) is 34.4 Å². The van der Waals surface area contributed by atoms with Gasteiger partial charge in [0.25, 0.3) is 0 Å². The quantitative estimate of drug-likeness (QED) is 0.584. The fraction of sp³-hybridized carbons (Fsp3) is 0.286. The predicted molar refractivity (Wildman–Crippen MR) is 114 cm³/mol. The molecule has 1 aromatic carbocycles. The molecule has 3 aromatic rings. The molecule has 0 spiro atoms. The molecule has 0 radical (unpaired) electrons. The first-order valence-electron chi connectivity index (χ1n) is 9.48. The Balaban J connectivity index is 1.50. The van der Waals surface area contributed by atoms with Crippen LogP contribution in [0.2, 0.25) is 0 Å². The van der Waals surface area contributed by atoms with Crippen molar-refractivity contribution >= 4 is 32.9 Å². The van der Waals surface area contributed by atoms with Gasteiger partial charge in [-0.3, -0.25) is 9.59 Å². The lowest BCUT2D eigenvalue weighted by Gasteiger charge is -2.24. The largest absolute Gasteiger partial charge is 0.335 e. The molecular formula is C21H21N3O4S2. The first-order chi connectivity index (χ1) is 14.3. The lowest BCUT2D eigenvalue weighted by Crippen LogP contribution is -2.28. The van der Waals surface area contributed by atoms with Crippen molar-refractivity contribution in [2.24, 2.45) is 0 Å². The number of carbonyl (C=O) groups excluding carboxylic acids is 2. The average molecular weight is 444 g/mol. The fourth-order valence-electron chi connectivity index (χ4n) is 3.55. The van der Waals surface area contributed by atoms with Crippen LogP contribution in [0.15, 0.2) is 53.7 Å². The number of fused-ring (bicyclic) bond motifs is 1. The molecule has 1 atom stereocenters. The standard InChI is InChI=1S/C21H21N3O4S2/c1-23(2)30(27,28)15-7-5-14(6-8-15)20-13-22-21(29-20)12-19(26)17-9-10-18(25)16-4-3-11-24(16)17/h3-8,11,13,17H,9-10,12H2,1-2H3. The van der Waals surface area contributed by atoms with Gasteiger partial charge in [0.2, 0.25) is 10.0 Å². The van der Waals surface area contributed by atoms with Crippen molar-refractivity contribution in [1.29, 1.82) is 0 Å². The lowest BCUT2D eigenvalue weighted by molar-refractivity contribution is -0.121. The van der Waals surface area contributed by atoms with Gasteiger partial charge in [0.15, 0.2) is 11.6 Å². The molecule has 2 aromatic heterocycles. The van der Waals surface area contributed by atoms with E-state index in [4.69, 9.17) is 0 Å². The van der Waals surface area contributed by atoms with Gasteiger partial charge in [0, 0.05) is 32.9 Å². The molecule has 1 aliphatic heterocycles. The number of Topliss-reactive ketones (excluding diaryl/α,β-unsaturated/α-hetero) is 2. The summed E-state index contributed by atoms with van der Waals surface area (Å²) in [5.74, 6) is 0.105. The zero-order valence-electron chi connectivity index (χ0n) is 16.6. The normalized spacial score (nSPS) is 16.6. The second-order valence-corrected chi connectivity index (χ2v) is 10.6. The number of thiazole rings is 1. The number of carbonyl (C=O) groups is 2. The van der Waals surface area contributed by atoms with E-state index >= 15 is 0 Å². The maximum atomic E-state index is 12.9. The summed E-state index contributed by atoms with van der Waals surface area (Å²) < 4.78 is 27.3. The van der Waals surface area contributed by atoms with Crippen molar-refractivity contribution in [2.45, 2.75) is 30.2 Å². The van der Waals surface area contributed by atoms with E-state index in [1.807, 2.05) is 0 Å². The Morgan fingerprint density at radius 2 is 1.97 bits per heavy atom. The van der Waals surface area contributed by atoms with Crippen LogP contribution in [0.4, 0.5) is 0 Å². The van der Waals surface area contributed by atoms with Crippen LogP contribution < -0.4 is 0 Å². The van der Waals surface area contributed by atoms with Gasteiger partial charge in [-0.1, -0.05) is 12.1 Å². The van der Waals surface area contributed by atoms with Crippen LogP contribution in [-0.4, -0.2) is 47.9 Å². The van der Waals surface area contributed by atoms with Gasteiger partial charge < -0.3 is 4.57 Å². The van der Waals surface area contributed by atoms with Crippen molar-refractivity contribution in [3.05, 3.63) is 59.5 Å². The van der Waals surface area contributed by atoms with E-state index < -0.39 is 10.0 Å². The number of hydrogen-bond donors (Lipinski definition) is 0. The summed E-state index contributed by atoms with van der Waals surface area (Å²) >= 11 is 1.41. The molecule has 9 heteroatoms. The van der Waals surface area contributed by atoms with Gasteiger partial charge in [-0.15, -0.1) is 11.3 Å². The summed E-state index contributed by atoms with van der Waals surface area (Å²) in [6, 6.07) is 9.84. The summed E-state index contributed by atoms with van der Waals surface area (Å²) in [6.07, 6.45) is 4.58. The maximum Gasteiger partial charge on any atom is 0.242 e. The van der Waals surface area contributed by atoms with E-state index in [1.165, 1.54) is 29.7 Å². The molecule has 1 aliphatic rings. The third-order valence-electron chi connectivity index (χ3n) is 5.21. The van der Waals surface area contributed by atoms with Crippen molar-refractivity contribution in [3.8, 4) is 10.4 Å². The molecule has 1 unspecified atom stereocenters. The van der Waals surface area contributed by atoms with E-state index in [9.17, 15) is 18.0 Å². The molecule has 3 heterocycles. The highest BCUT2D eigenvalue weighted by atomic mass is 32.2. The average Bonchev–Trinajstić information content (AvgIpc) is 3.38. The van der Waals surface area contributed by atoms with E-state index in [2.05, 4.69) is 4.98 Å². The van der Waals surface area contributed by atoms with Crippen molar-refractivity contribution in [3.63, 3.8) is 0 Å². The molecule has 0 N–H and O–H groups in total. The fourth-order valence-corrected chi connectivity index (χ4v) is 5.38. The van der Waals surface area contributed by atoms with E-state index in [1.54, 1.807) is 53.4 Å². The summed E-state index contributed by atoms with van der Waals surface area (Å²) in [7, 11) is -0.483. The number of benzene rings is 1. The number of aromatic nitrogens is 2. The number of sulfonamides is 1. The molecule has 0 saturated heterocycles. The number of nitrogens with zero attached hydrogens (tertiary/aromatic N) is 3. The first kappa shape index (κ1) is 20.6. The summed E-state index contributed by atoms with van der Waals surface area (Å²) in [4.78, 5) is 30.3. The van der Waals surface area contributed by atoms with E-state index in [0.29, 0.717) is 23.5 Å². The predicted octanol–water partition coefficient (Wildman–Crippen LogP) is 3.19. The minimum atomic E-state index is -3.47. The van der Waals surface area contributed by atoms with Crippen molar-refractivity contribution < 1.29 is 18.0 Å². The molecule has 0 amide bonds. The van der Waals surface area contributed by atoms with Crippen LogP contribution in [-0.2, 0) is 21.2 Å². The second kappa shape index (κ2) is 7.90. The Morgan fingerprint density at radius 3 is 2.67 bits per heavy atom. The zero-order chi connectivity index (χ0) is 21.5. The minimum Gasteiger partial charge on any atom is -0.335 e. The molecule has 30 heavy (non-hydrogen) atoms. The highest BCUT2D eigenvalue weighted by Gasteiger charge is 2.29. The van der Waals surface area contributed by atoms with Crippen LogP contribution in [0.25, 0.3) is 10.4 Å². The van der Waals surface area contributed by atoms with E-state index in [-0.39, 0.29) is 28.9 Å². The Bertz CT molecular complexity index is 1210. The third kappa shape index (κ3) is 3.76. The molecule has 0 saturated carbocycles. The van der Waals surface area contributed by atoms with Gasteiger partial charge in [0.05, 0.1) is 27.9 Å². The lowest BCUT2D eigenvalue weighted by atomic mass is 9.97. The van der Waals surface area contributed by atoms with Gasteiger partial charge >= 0.3 is 0 Å². The number of ketones is 2. The van der Waals surface area contributed by atoms with Crippen LogP contribution in [0.5, 0.6) is 0 Å². The molecule has 0 fully saturated rings. The highest BCUT2D eigenvalue weighted by molar-refractivity contribution is 7.89. The number of rotatable bonds is 6. The molecule has 7 nitrogen and oxygen atoms in total. The Hall–Kier alpha value is -2.62. The molecular weight excluding hydrogens is 422 g/mol. The molecule has 0 bridgehead atoms. The van der Waals surface area contributed by atoms with Gasteiger partial charge in [-0.2, -0.15) is 0 Å². The monoisotopic (exact) mass is 443 g/mol. The number of hydrogen-bond acceptors (Lipinski definition) is 6. The Kier molecular flexibility index (Phi) is 5.44. The Labute approximate surface area is 179 Å². The van der Waals surface area contributed by atoms with Gasteiger partial charge in [-0.05, 0) is 36.2 Å². The zero-order valence-corrected chi connectivity index (χ0v) is 18.2. The summed E-state index contributed by atoms with van der Waals surface area (Å²) in [5, 5.41) is 0.700. The van der Waals surface area contributed by atoms with Gasteiger partial charge in [-0.25, -0.2) is 17.7 Å². The topological polar surface area (TPSA) is 89.3 Å². The first-order valence-corrected chi connectivity index (χ1v) is 11.7. The Morgan fingerprint density at radius 1 is 1.23 bits per heavy atom. The summed E-state index contributed by atoms with van der Waals surface area (Å²) in [6.45, 7) is 0. The minimum absolute atomic E-state index is 0.0354. The highest BCUT2D eigenvalue weighted by Crippen LogP contribution is 2.30. The van der Waals surface area contributed by atoms with Crippen LogP contribution in [0.3, 0.4) is 0 Å². The molecule has 0 aliphatic carbocycles. The van der Waals surface area contributed by atoms with E-state index in [0.717, 1.165) is 10.4 Å². The second-order valence-electron chi connectivity index (χ2n) is 7.35. The smallest absolute Gasteiger partial charge is 0.242 e. The van der Waals surface area contributed by atoms with Crippen LogP contribution in [0, 0.1) is 0 Å².